The topological polar surface area (TPSA) is 95.9 Å². The Bertz CT molecular complexity index is 1190. The zero-order valence-corrected chi connectivity index (χ0v) is 25.0. The maximum atomic E-state index is 13.4. The molecule has 7 heteroatoms. The number of nitrogens with one attached hydrogen (secondary N) is 1. The molecular weight excluding hydrogens is 528 g/mol. The second-order valence-corrected chi connectivity index (χ2v) is 11.5. The number of aliphatic hydroxyl groups is 1. The van der Waals surface area contributed by atoms with Crippen LogP contribution in [0.25, 0.3) is 0 Å². The fourth-order valence-electron chi connectivity index (χ4n) is 5.37. The third-order valence-corrected chi connectivity index (χ3v) is 8.04. The van der Waals surface area contributed by atoms with Gasteiger partial charge in [-0.05, 0) is 54.7 Å². The summed E-state index contributed by atoms with van der Waals surface area (Å²) in [7, 11) is 0. The minimum atomic E-state index is -0.623. The zero-order chi connectivity index (χ0) is 30.5. The Hall–Kier alpha value is -3.71. The maximum absolute atomic E-state index is 13.4. The van der Waals surface area contributed by atoms with E-state index in [0.717, 1.165) is 16.7 Å². The van der Waals surface area contributed by atoms with Crippen LogP contribution >= 0.6 is 0 Å². The second-order valence-electron chi connectivity index (χ2n) is 11.5. The van der Waals surface area contributed by atoms with Gasteiger partial charge in [0.05, 0.1) is 30.5 Å². The van der Waals surface area contributed by atoms with Crippen molar-refractivity contribution in [2.24, 2.45) is 17.8 Å². The fraction of sp³-hybridized carbons (Fsp3) is 0.457. The first kappa shape index (κ1) is 32.8. The van der Waals surface area contributed by atoms with Crippen molar-refractivity contribution in [1.29, 1.82) is 0 Å². The highest BCUT2D eigenvalue weighted by Crippen LogP contribution is 2.25. The molecule has 4 atom stereocenters. The number of hydrogen-bond acceptors (Lipinski definition) is 5. The highest BCUT2D eigenvalue weighted by atomic mass is 16.5. The van der Waals surface area contributed by atoms with Gasteiger partial charge in [0.1, 0.15) is 6.61 Å². The SMILES string of the molecule is C=CCC[C@H](Cc1ccccc1)C(=O)OC[C@@H](NC(=O)[C@@H](CC=C)CC(=O)N1Cc2ccccc2C[C@H]1CO)C(C)C. The molecule has 0 aromatic heterocycles. The molecule has 0 fully saturated rings. The van der Waals surface area contributed by atoms with Crippen molar-refractivity contribution in [1.82, 2.24) is 10.2 Å². The summed E-state index contributed by atoms with van der Waals surface area (Å²) in [6.07, 6.45) is 6.27. The second kappa shape index (κ2) is 16.7. The molecule has 0 radical (unpaired) electrons. The van der Waals surface area contributed by atoms with Crippen molar-refractivity contribution in [3.63, 3.8) is 0 Å². The molecule has 42 heavy (non-hydrogen) atoms. The van der Waals surface area contributed by atoms with Crippen LogP contribution in [-0.4, -0.2) is 53.1 Å². The first-order chi connectivity index (χ1) is 20.3. The molecule has 2 aromatic rings. The van der Waals surface area contributed by atoms with E-state index in [1.165, 1.54) is 0 Å². The van der Waals surface area contributed by atoms with Gasteiger partial charge in [0, 0.05) is 13.0 Å². The lowest BCUT2D eigenvalue weighted by molar-refractivity contribution is -0.150. The molecular formula is C35H46N2O5. The number of amides is 2. The molecule has 2 aromatic carbocycles. The van der Waals surface area contributed by atoms with E-state index in [9.17, 15) is 19.5 Å². The Morgan fingerprint density at radius 1 is 1.02 bits per heavy atom. The molecule has 226 valence electrons. The summed E-state index contributed by atoms with van der Waals surface area (Å²) in [5.41, 5.74) is 3.25. The molecule has 2 amide bonds. The number of nitrogens with zero attached hydrogens (tertiary/aromatic N) is 1. The van der Waals surface area contributed by atoms with Crippen LogP contribution in [0.1, 0.15) is 56.2 Å². The van der Waals surface area contributed by atoms with Gasteiger partial charge in [-0.3, -0.25) is 14.4 Å². The normalized spacial score (nSPS) is 16.6. The Morgan fingerprint density at radius 2 is 1.71 bits per heavy atom. The van der Waals surface area contributed by atoms with Gasteiger partial charge in [-0.2, -0.15) is 0 Å². The van der Waals surface area contributed by atoms with E-state index in [4.69, 9.17) is 4.74 Å². The van der Waals surface area contributed by atoms with Crippen LogP contribution < -0.4 is 5.32 Å². The van der Waals surface area contributed by atoms with Crippen LogP contribution in [0.4, 0.5) is 0 Å². The average Bonchev–Trinajstić information content (AvgIpc) is 3.00. The van der Waals surface area contributed by atoms with Gasteiger partial charge in [-0.15, -0.1) is 13.2 Å². The Labute approximate surface area is 250 Å². The highest BCUT2D eigenvalue weighted by Gasteiger charge is 2.33. The molecule has 0 unspecified atom stereocenters. The number of allylic oxidation sites excluding steroid dienone is 2. The van der Waals surface area contributed by atoms with Gasteiger partial charge < -0.3 is 20.1 Å². The van der Waals surface area contributed by atoms with Crippen molar-refractivity contribution < 1.29 is 24.2 Å². The quantitative estimate of drug-likeness (QED) is 0.217. The number of ether oxygens (including phenoxy) is 1. The minimum absolute atomic E-state index is 0.0000495. The number of benzene rings is 2. The van der Waals surface area contributed by atoms with Crippen molar-refractivity contribution in [2.45, 2.75) is 71.0 Å². The van der Waals surface area contributed by atoms with Crippen molar-refractivity contribution in [2.75, 3.05) is 13.2 Å². The molecule has 2 N–H and O–H groups in total. The van der Waals surface area contributed by atoms with Crippen LogP contribution in [0.5, 0.6) is 0 Å². The van der Waals surface area contributed by atoms with Crippen LogP contribution in [0.2, 0.25) is 0 Å². The zero-order valence-electron chi connectivity index (χ0n) is 25.0. The summed E-state index contributed by atoms with van der Waals surface area (Å²) < 4.78 is 5.76. The van der Waals surface area contributed by atoms with Gasteiger partial charge in [0.25, 0.3) is 0 Å². The molecule has 0 saturated carbocycles. The summed E-state index contributed by atoms with van der Waals surface area (Å²) in [4.78, 5) is 41.7. The van der Waals surface area contributed by atoms with Crippen molar-refractivity contribution in [3.05, 3.63) is 96.6 Å². The van der Waals surface area contributed by atoms with E-state index in [1.807, 2.05) is 68.4 Å². The van der Waals surface area contributed by atoms with Crippen LogP contribution in [0, 0.1) is 17.8 Å². The van der Waals surface area contributed by atoms with Crippen LogP contribution in [0.15, 0.2) is 79.9 Å². The van der Waals surface area contributed by atoms with Gasteiger partial charge in [-0.1, -0.05) is 80.6 Å². The van der Waals surface area contributed by atoms with E-state index >= 15 is 0 Å². The lowest BCUT2D eigenvalue weighted by Gasteiger charge is -2.36. The van der Waals surface area contributed by atoms with E-state index in [1.54, 1.807) is 17.1 Å². The Morgan fingerprint density at radius 3 is 2.36 bits per heavy atom. The largest absolute Gasteiger partial charge is 0.463 e. The molecule has 3 rings (SSSR count). The lowest BCUT2D eigenvalue weighted by atomic mass is 9.92. The molecule has 0 bridgehead atoms. The summed E-state index contributed by atoms with van der Waals surface area (Å²) in [5.74, 6) is -1.68. The monoisotopic (exact) mass is 574 g/mol. The standard InChI is InChI=1S/C35H46N2O5/c1-5-7-16-29(19-26-14-9-8-10-15-26)35(41)42-24-32(25(3)4)36-34(40)28(13-6-2)21-33(39)37-22-30-18-12-11-17-27(30)20-31(37)23-38/h5-6,8-12,14-15,17-18,25,28-29,31-32,38H,1-2,7,13,16,19-24H2,3-4H3,(H,36,40)/t28-,29+,31-,32+/m0/s1. The smallest absolute Gasteiger partial charge is 0.309 e. The molecule has 1 aliphatic heterocycles. The van der Waals surface area contributed by atoms with Crippen molar-refractivity contribution in [3.8, 4) is 0 Å². The summed E-state index contributed by atoms with van der Waals surface area (Å²) in [5, 5.41) is 13.0. The predicted molar refractivity (Wildman–Crippen MR) is 165 cm³/mol. The van der Waals surface area contributed by atoms with Crippen LogP contribution in [0.3, 0.4) is 0 Å². The number of carbonyl (C=O) groups is 3. The number of carbonyl (C=O) groups excluding carboxylic acids is 3. The number of hydrogen-bond donors (Lipinski definition) is 2. The van der Waals surface area contributed by atoms with E-state index < -0.39 is 12.0 Å². The number of esters is 1. The van der Waals surface area contributed by atoms with Crippen LogP contribution in [-0.2, 0) is 38.5 Å². The summed E-state index contributed by atoms with van der Waals surface area (Å²) in [6.45, 7) is 11.8. The Balaban J connectivity index is 1.63. The first-order valence-corrected chi connectivity index (χ1v) is 15.0. The van der Waals surface area contributed by atoms with Gasteiger partial charge in [-0.25, -0.2) is 0 Å². The predicted octanol–water partition coefficient (Wildman–Crippen LogP) is 5.02. The van der Waals surface area contributed by atoms with Gasteiger partial charge >= 0.3 is 5.97 Å². The van der Waals surface area contributed by atoms with Gasteiger partial charge in [0.15, 0.2) is 0 Å². The van der Waals surface area contributed by atoms with E-state index in [2.05, 4.69) is 18.5 Å². The summed E-state index contributed by atoms with van der Waals surface area (Å²) >= 11 is 0. The molecule has 1 aliphatic rings. The number of rotatable bonds is 16. The third kappa shape index (κ3) is 9.41. The lowest BCUT2D eigenvalue weighted by Crippen LogP contribution is -2.49. The fourth-order valence-corrected chi connectivity index (χ4v) is 5.37. The summed E-state index contributed by atoms with van der Waals surface area (Å²) in [6, 6.07) is 17.0. The molecule has 7 nitrogen and oxygen atoms in total. The Kier molecular flexibility index (Phi) is 13.0. The molecule has 0 saturated heterocycles. The maximum Gasteiger partial charge on any atom is 0.309 e. The highest BCUT2D eigenvalue weighted by molar-refractivity contribution is 5.86. The van der Waals surface area contributed by atoms with E-state index in [-0.39, 0.29) is 55.3 Å². The van der Waals surface area contributed by atoms with Gasteiger partial charge in [0.2, 0.25) is 11.8 Å². The van der Waals surface area contributed by atoms with Crippen molar-refractivity contribution >= 4 is 17.8 Å². The number of fused-ring (bicyclic) bond motifs is 1. The molecule has 0 spiro atoms. The minimum Gasteiger partial charge on any atom is -0.463 e. The molecule has 0 aliphatic carbocycles. The van der Waals surface area contributed by atoms with E-state index in [0.29, 0.717) is 38.6 Å². The molecule has 1 heterocycles. The first-order valence-electron chi connectivity index (χ1n) is 15.0. The average molecular weight is 575 g/mol. The third-order valence-electron chi connectivity index (χ3n) is 8.04. The number of aliphatic hydroxyl groups excluding tert-OH is 1.